The number of hydrogen-bond acceptors (Lipinski definition) is 4. The maximum absolute atomic E-state index is 4.80. The normalized spacial score (nSPS) is 17.8. The maximum atomic E-state index is 4.80. The van der Waals surface area contributed by atoms with Gasteiger partial charge in [0.15, 0.2) is 0 Å². The molecule has 4 nitrogen and oxygen atoms in total. The van der Waals surface area contributed by atoms with Crippen LogP contribution in [0.4, 0.5) is 11.8 Å². The van der Waals surface area contributed by atoms with Gasteiger partial charge in [-0.05, 0) is 50.7 Å². The lowest BCUT2D eigenvalue weighted by atomic mass is 10.0. The molecular weight excluding hydrogens is 296 g/mol. The summed E-state index contributed by atoms with van der Waals surface area (Å²) >= 11 is 0. The zero-order valence-corrected chi connectivity index (χ0v) is 15.0. The monoisotopic (exact) mass is 324 g/mol. The summed E-state index contributed by atoms with van der Waals surface area (Å²) in [6, 6.07) is 11.1. The first-order chi connectivity index (χ1) is 11.7. The SMILES string of the molecule is CCC1CCCCN1c1nc(C)cc(NCc2ccccc2C)n1. The first kappa shape index (κ1) is 16.7. The van der Waals surface area contributed by atoms with E-state index in [0.717, 1.165) is 37.0 Å². The van der Waals surface area contributed by atoms with Gasteiger partial charge in [-0.3, -0.25) is 0 Å². The smallest absolute Gasteiger partial charge is 0.227 e. The van der Waals surface area contributed by atoms with Crippen molar-refractivity contribution in [1.29, 1.82) is 0 Å². The molecule has 1 saturated heterocycles. The lowest BCUT2D eigenvalue weighted by Gasteiger charge is -2.35. The predicted molar refractivity (Wildman–Crippen MR) is 101 cm³/mol. The Labute approximate surface area is 145 Å². The van der Waals surface area contributed by atoms with Crippen LogP contribution < -0.4 is 10.2 Å². The highest BCUT2D eigenvalue weighted by atomic mass is 15.3. The van der Waals surface area contributed by atoms with Gasteiger partial charge in [0.2, 0.25) is 5.95 Å². The van der Waals surface area contributed by atoms with Crippen LogP contribution in [0, 0.1) is 13.8 Å². The molecule has 1 N–H and O–H groups in total. The third-order valence-electron chi connectivity index (χ3n) is 4.92. The minimum absolute atomic E-state index is 0.574. The highest BCUT2D eigenvalue weighted by Crippen LogP contribution is 2.25. The highest BCUT2D eigenvalue weighted by Gasteiger charge is 2.23. The van der Waals surface area contributed by atoms with Gasteiger partial charge in [-0.25, -0.2) is 4.98 Å². The highest BCUT2D eigenvalue weighted by molar-refractivity contribution is 5.45. The van der Waals surface area contributed by atoms with Crippen molar-refractivity contribution in [3.8, 4) is 0 Å². The number of anilines is 2. The Morgan fingerprint density at radius 2 is 2.00 bits per heavy atom. The first-order valence-corrected chi connectivity index (χ1v) is 9.08. The van der Waals surface area contributed by atoms with Gasteiger partial charge in [0.25, 0.3) is 0 Å². The van der Waals surface area contributed by atoms with Gasteiger partial charge in [0, 0.05) is 30.9 Å². The average Bonchev–Trinajstić information content (AvgIpc) is 2.60. The van der Waals surface area contributed by atoms with Crippen molar-refractivity contribution in [3.05, 3.63) is 47.2 Å². The van der Waals surface area contributed by atoms with E-state index in [-0.39, 0.29) is 0 Å². The number of aryl methyl sites for hydroxylation is 2. The van der Waals surface area contributed by atoms with Crippen LogP contribution in [-0.2, 0) is 6.54 Å². The van der Waals surface area contributed by atoms with Crippen LogP contribution in [0.2, 0.25) is 0 Å². The first-order valence-electron chi connectivity index (χ1n) is 9.08. The third kappa shape index (κ3) is 3.86. The zero-order valence-electron chi connectivity index (χ0n) is 15.0. The molecule has 1 aromatic carbocycles. The second-order valence-electron chi connectivity index (χ2n) is 6.73. The molecule has 2 heterocycles. The molecule has 24 heavy (non-hydrogen) atoms. The summed E-state index contributed by atoms with van der Waals surface area (Å²) in [7, 11) is 0. The van der Waals surface area contributed by atoms with Gasteiger partial charge in [0.05, 0.1) is 0 Å². The Bertz CT molecular complexity index is 683. The fourth-order valence-corrected chi connectivity index (χ4v) is 3.45. The van der Waals surface area contributed by atoms with Gasteiger partial charge >= 0.3 is 0 Å². The standard InChI is InChI=1S/C20H28N4/c1-4-18-11-7-8-12-24(18)20-22-16(3)13-19(23-20)21-14-17-10-6-5-9-15(17)2/h5-6,9-10,13,18H,4,7-8,11-12,14H2,1-3H3,(H,21,22,23). The molecular formula is C20H28N4. The van der Waals surface area contributed by atoms with Crippen molar-refractivity contribution in [2.75, 3.05) is 16.8 Å². The van der Waals surface area contributed by atoms with Gasteiger partial charge in [-0.2, -0.15) is 4.98 Å². The Morgan fingerprint density at radius 3 is 2.79 bits per heavy atom. The summed E-state index contributed by atoms with van der Waals surface area (Å²) in [5.74, 6) is 1.80. The molecule has 4 heteroatoms. The molecule has 1 atom stereocenters. The number of rotatable bonds is 5. The van der Waals surface area contributed by atoms with E-state index in [1.165, 1.54) is 30.4 Å². The fourth-order valence-electron chi connectivity index (χ4n) is 3.45. The van der Waals surface area contributed by atoms with Gasteiger partial charge < -0.3 is 10.2 Å². The van der Waals surface area contributed by atoms with E-state index < -0.39 is 0 Å². The molecule has 0 aliphatic carbocycles. The van der Waals surface area contributed by atoms with Crippen molar-refractivity contribution >= 4 is 11.8 Å². The number of aromatic nitrogens is 2. The van der Waals surface area contributed by atoms with Crippen molar-refractivity contribution in [2.24, 2.45) is 0 Å². The Morgan fingerprint density at radius 1 is 1.17 bits per heavy atom. The Hall–Kier alpha value is -2.10. The van der Waals surface area contributed by atoms with Crippen molar-refractivity contribution in [2.45, 2.75) is 59.0 Å². The number of nitrogens with zero attached hydrogens (tertiary/aromatic N) is 3. The van der Waals surface area contributed by atoms with E-state index in [0.29, 0.717) is 6.04 Å². The van der Waals surface area contributed by atoms with E-state index in [2.05, 4.69) is 55.3 Å². The van der Waals surface area contributed by atoms with E-state index in [4.69, 9.17) is 9.97 Å². The number of benzene rings is 1. The molecule has 1 aliphatic rings. The molecule has 1 unspecified atom stereocenters. The molecule has 3 rings (SSSR count). The van der Waals surface area contributed by atoms with Crippen molar-refractivity contribution < 1.29 is 0 Å². The van der Waals surface area contributed by atoms with Crippen LogP contribution in [0.3, 0.4) is 0 Å². The summed E-state index contributed by atoms with van der Waals surface area (Å²) in [6.45, 7) is 8.32. The predicted octanol–water partition coefficient (Wildman–Crippen LogP) is 4.47. The topological polar surface area (TPSA) is 41.1 Å². The van der Waals surface area contributed by atoms with Crippen LogP contribution in [0.1, 0.15) is 49.4 Å². The summed E-state index contributed by atoms with van der Waals surface area (Å²) in [4.78, 5) is 11.9. The maximum Gasteiger partial charge on any atom is 0.227 e. The average molecular weight is 324 g/mol. The number of piperidine rings is 1. The molecule has 2 aromatic rings. The molecule has 1 fully saturated rings. The largest absolute Gasteiger partial charge is 0.366 e. The van der Waals surface area contributed by atoms with Gasteiger partial charge in [-0.15, -0.1) is 0 Å². The van der Waals surface area contributed by atoms with Crippen LogP contribution in [0.15, 0.2) is 30.3 Å². The van der Waals surface area contributed by atoms with Crippen LogP contribution in [0.5, 0.6) is 0 Å². The van der Waals surface area contributed by atoms with Crippen LogP contribution >= 0.6 is 0 Å². The number of hydrogen-bond donors (Lipinski definition) is 1. The van der Waals surface area contributed by atoms with E-state index in [1.54, 1.807) is 0 Å². The molecule has 1 aromatic heterocycles. The lowest BCUT2D eigenvalue weighted by Crippen LogP contribution is -2.40. The van der Waals surface area contributed by atoms with Crippen molar-refractivity contribution in [3.63, 3.8) is 0 Å². The molecule has 0 spiro atoms. The summed E-state index contributed by atoms with van der Waals surface area (Å²) in [5, 5.41) is 3.48. The van der Waals surface area contributed by atoms with E-state index in [9.17, 15) is 0 Å². The minimum Gasteiger partial charge on any atom is -0.366 e. The second kappa shape index (κ2) is 7.65. The molecule has 0 saturated carbocycles. The fraction of sp³-hybridized carbons (Fsp3) is 0.500. The van der Waals surface area contributed by atoms with E-state index >= 15 is 0 Å². The zero-order chi connectivity index (χ0) is 16.9. The number of nitrogens with one attached hydrogen (secondary N) is 1. The molecule has 128 valence electrons. The molecule has 0 radical (unpaired) electrons. The molecule has 1 aliphatic heterocycles. The minimum atomic E-state index is 0.574. The van der Waals surface area contributed by atoms with Crippen LogP contribution in [-0.4, -0.2) is 22.6 Å². The van der Waals surface area contributed by atoms with Crippen LogP contribution in [0.25, 0.3) is 0 Å². The quantitative estimate of drug-likeness (QED) is 0.881. The summed E-state index contributed by atoms with van der Waals surface area (Å²) < 4.78 is 0. The van der Waals surface area contributed by atoms with E-state index in [1.807, 2.05) is 6.07 Å². The summed E-state index contributed by atoms with van der Waals surface area (Å²) in [6.07, 6.45) is 4.96. The molecule has 0 bridgehead atoms. The second-order valence-corrected chi connectivity index (χ2v) is 6.73. The van der Waals surface area contributed by atoms with Gasteiger partial charge in [0.1, 0.15) is 5.82 Å². The Balaban J connectivity index is 1.77. The Kier molecular flexibility index (Phi) is 5.34. The third-order valence-corrected chi connectivity index (χ3v) is 4.92. The molecule has 0 amide bonds. The van der Waals surface area contributed by atoms with Crippen molar-refractivity contribution in [1.82, 2.24) is 9.97 Å². The lowest BCUT2D eigenvalue weighted by molar-refractivity contribution is 0.443. The van der Waals surface area contributed by atoms with Gasteiger partial charge in [-0.1, -0.05) is 31.2 Å². The summed E-state index contributed by atoms with van der Waals surface area (Å²) in [5.41, 5.74) is 3.63.